The summed E-state index contributed by atoms with van der Waals surface area (Å²) in [5.74, 6) is 0. The Kier molecular flexibility index (Phi) is 2.78. The van der Waals surface area contributed by atoms with Gasteiger partial charge >= 0.3 is 6.17 Å². The molecular formula is C9H9N7O2S. The number of aliphatic imine (C=N–C) groups is 1. The third-order valence-corrected chi connectivity index (χ3v) is 4.04. The lowest BCUT2D eigenvalue weighted by atomic mass is 10.5. The third kappa shape index (κ3) is 1.99. The van der Waals surface area contributed by atoms with Crippen LogP contribution >= 0.6 is 11.8 Å². The molecule has 3 heterocycles. The number of rotatable bonds is 3. The average Bonchev–Trinajstić information content (AvgIpc) is 2.97. The molecule has 3 rings (SSSR count). The second-order valence-electron chi connectivity index (χ2n) is 3.92. The number of nitrogens with zero attached hydrogens (tertiary/aromatic N) is 6. The number of fused-ring (bicyclic) bond motifs is 1. The molecule has 1 aliphatic heterocycles. The van der Waals surface area contributed by atoms with E-state index < -0.39 is 16.5 Å². The molecule has 0 amide bonds. The second kappa shape index (κ2) is 4.46. The van der Waals surface area contributed by atoms with E-state index in [4.69, 9.17) is 0 Å². The van der Waals surface area contributed by atoms with Crippen LogP contribution in [0.4, 0.5) is 0 Å². The maximum atomic E-state index is 11.0. The van der Waals surface area contributed by atoms with Crippen LogP contribution in [0.15, 0.2) is 22.7 Å². The van der Waals surface area contributed by atoms with Crippen LogP contribution in [-0.4, -0.2) is 54.7 Å². The van der Waals surface area contributed by atoms with E-state index >= 15 is 0 Å². The van der Waals surface area contributed by atoms with Crippen molar-refractivity contribution in [2.24, 2.45) is 4.99 Å². The minimum atomic E-state index is -0.997. The van der Waals surface area contributed by atoms with Crippen LogP contribution in [0.25, 0.3) is 11.2 Å². The first-order valence-electron chi connectivity index (χ1n) is 5.36. The van der Waals surface area contributed by atoms with Gasteiger partial charge in [-0.25, -0.2) is 19.9 Å². The third-order valence-electron chi connectivity index (χ3n) is 2.69. The van der Waals surface area contributed by atoms with Gasteiger partial charge in [0, 0.05) is 7.05 Å². The zero-order chi connectivity index (χ0) is 13.4. The van der Waals surface area contributed by atoms with E-state index in [0.717, 1.165) is 0 Å². The summed E-state index contributed by atoms with van der Waals surface area (Å²) in [6, 6.07) is 0. The predicted molar refractivity (Wildman–Crippen MR) is 68.4 cm³/mol. The van der Waals surface area contributed by atoms with Crippen LogP contribution in [-0.2, 0) is 0 Å². The molecule has 0 spiro atoms. The lowest BCUT2D eigenvalue weighted by molar-refractivity contribution is -0.520. The number of hydrogen-bond acceptors (Lipinski definition) is 8. The highest BCUT2D eigenvalue weighted by Crippen LogP contribution is 2.32. The number of aromatic nitrogens is 4. The number of imidazole rings is 1. The molecule has 10 heteroatoms. The molecule has 0 radical (unpaired) electrons. The quantitative estimate of drug-likeness (QED) is 0.489. The van der Waals surface area contributed by atoms with Gasteiger partial charge in [0.25, 0.3) is 0 Å². The summed E-state index contributed by atoms with van der Waals surface area (Å²) in [5.41, 5.74) is 1.21. The van der Waals surface area contributed by atoms with Gasteiger partial charge in [-0.2, -0.15) is 0 Å². The number of aromatic amines is 1. The Hall–Kier alpha value is -2.23. The SMILES string of the molecule is CN1C=NC([N+](=O)[O-])C1Sc1ncnc2nc[nH]c12. The van der Waals surface area contributed by atoms with Crippen molar-refractivity contribution in [2.75, 3.05) is 7.05 Å². The average molecular weight is 279 g/mol. The molecule has 19 heavy (non-hydrogen) atoms. The van der Waals surface area contributed by atoms with Gasteiger partial charge in [-0.15, -0.1) is 0 Å². The summed E-state index contributed by atoms with van der Waals surface area (Å²) in [4.78, 5) is 31.2. The molecule has 2 unspecified atom stereocenters. The molecule has 0 aliphatic carbocycles. The number of nitro groups is 1. The number of H-pyrrole nitrogens is 1. The van der Waals surface area contributed by atoms with Crippen molar-refractivity contribution in [2.45, 2.75) is 16.6 Å². The Balaban J connectivity index is 1.92. The van der Waals surface area contributed by atoms with Gasteiger partial charge in [-0.05, 0) is 0 Å². The maximum Gasteiger partial charge on any atom is 0.335 e. The van der Waals surface area contributed by atoms with Crippen LogP contribution in [0.2, 0.25) is 0 Å². The van der Waals surface area contributed by atoms with E-state index in [0.29, 0.717) is 16.2 Å². The smallest absolute Gasteiger partial charge is 0.335 e. The molecule has 0 saturated carbocycles. The van der Waals surface area contributed by atoms with Crippen molar-refractivity contribution < 1.29 is 4.92 Å². The Labute approximate surface area is 111 Å². The first-order valence-corrected chi connectivity index (χ1v) is 6.24. The lowest BCUT2D eigenvalue weighted by Gasteiger charge is -2.18. The highest BCUT2D eigenvalue weighted by Gasteiger charge is 2.39. The minimum Gasteiger partial charge on any atom is -0.346 e. The maximum absolute atomic E-state index is 11.0. The first kappa shape index (κ1) is 11.8. The van der Waals surface area contributed by atoms with E-state index in [-0.39, 0.29) is 0 Å². The Morgan fingerprint density at radius 3 is 3.11 bits per heavy atom. The van der Waals surface area contributed by atoms with Crippen molar-refractivity contribution in [3.05, 3.63) is 22.8 Å². The summed E-state index contributed by atoms with van der Waals surface area (Å²) in [7, 11) is 1.75. The van der Waals surface area contributed by atoms with Gasteiger partial charge in [0.15, 0.2) is 11.0 Å². The predicted octanol–water partition coefficient (Wildman–Crippen LogP) is 0.348. The van der Waals surface area contributed by atoms with Gasteiger partial charge in [0.05, 0.1) is 17.6 Å². The zero-order valence-corrected chi connectivity index (χ0v) is 10.6. The van der Waals surface area contributed by atoms with Gasteiger partial charge in [-0.1, -0.05) is 11.8 Å². The van der Waals surface area contributed by atoms with Crippen LogP contribution in [0.5, 0.6) is 0 Å². The van der Waals surface area contributed by atoms with Crippen molar-refractivity contribution in [3.8, 4) is 0 Å². The largest absolute Gasteiger partial charge is 0.346 e. The zero-order valence-electron chi connectivity index (χ0n) is 9.79. The Morgan fingerprint density at radius 1 is 1.47 bits per heavy atom. The molecule has 1 N–H and O–H groups in total. The van der Waals surface area contributed by atoms with Gasteiger partial charge in [0.2, 0.25) is 0 Å². The summed E-state index contributed by atoms with van der Waals surface area (Å²) in [6.45, 7) is 0. The van der Waals surface area contributed by atoms with Crippen molar-refractivity contribution in [1.29, 1.82) is 0 Å². The van der Waals surface area contributed by atoms with E-state index in [1.807, 2.05) is 0 Å². The van der Waals surface area contributed by atoms with Gasteiger partial charge in [-0.3, -0.25) is 10.1 Å². The molecule has 1 aliphatic rings. The Morgan fingerprint density at radius 2 is 2.32 bits per heavy atom. The van der Waals surface area contributed by atoms with Gasteiger partial charge in [0.1, 0.15) is 16.9 Å². The first-order chi connectivity index (χ1) is 9.16. The van der Waals surface area contributed by atoms with Crippen molar-refractivity contribution >= 4 is 29.3 Å². The molecule has 98 valence electrons. The summed E-state index contributed by atoms with van der Waals surface area (Å²) < 4.78 is 0. The fraction of sp³-hybridized carbons (Fsp3) is 0.333. The monoisotopic (exact) mass is 279 g/mol. The molecule has 0 aromatic carbocycles. The lowest BCUT2D eigenvalue weighted by Crippen LogP contribution is -2.35. The highest BCUT2D eigenvalue weighted by atomic mass is 32.2. The normalized spacial score (nSPS) is 22.3. The topological polar surface area (TPSA) is 113 Å². The van der Waals surface area contributed by atoms with Gasteiger partial charge < -0.3 is 9.88 Å². The molecular weight excluding hydrogens is 270 g/mol. The number of likely N-dealkylation sites (N-methyl/N-ethyl adjacent to an activating group) is 1. The number of thioether (sulfide) groups is 1. The van der Waals surface area contributed by atoms with Crippen LogP contribution < -0.4 is 0 Å². The summed E-state index contributed by atoms with van der Waals surface area (Å²) in [6.07, 6.45) is 3.38. The summed E-state index contributed by atoms with van der Waals surface area (Å²) >= 11 is 1.27. The van der Waals surface area contributed by atoms with Crippen molar-refractivity contribution in [1.82, 2.24) is 24.8 Å². The standard InChI is InChI=1S/C9H9N7O2S/c1-15-4-14-7(16(17)18)9(15)19-8-5-6(11-2-10-5)12-3-13-8/h2-4,7,9H,1H3,(H,10,11,12,13). The van der Waals surface area contributed by atoms with E-state index in [1.54, 1.807) is 11.9 Å². The summed E-state index contributed by atoms with van der Waals surface area (Å²) in [5, 5.41) is 11.1. The number of hydrogen-bond donors (Lipinski definition) is 1. The highest BCUT2D eigenvalue weighted by molar-refractivity contribution is 8.00. The van der Waals surface area contributed by atoms with Crippen LogP contribution in [0.1, 0.15) is 0 Å². The van der Waals surface area contributed by atoms with E-state index in [9.17, 15) is 10.1 Å². The van der Waals surface area contributed by atoms with E-state index in [2.05, 4.69) is 24.9 Å². The van der Waals surface area contributed by atoms with Crippen LogP contribution in [0, 0.1) is 10.1 Å². The molecule has 0 bridgehead atoms. The fourth-order valence-electron chi connectivity index (χ4n) is 1.77. The van der Waals surface area contributed by atoms with Crippen molar-refractivity contribution in [3.63, 3.8) is 0 Å². The molecule has 9 nitrogen and oxygen atoms in total. The number of nitrogens with one attached hydrogen (secondary N) is 1. The molecule has 2 atom stereocenters. The molecule has 0 saturated heterocycles. The molecule has 0 fully saturated rings. The molecule has 2 aromatic rings. The fourth-order valence-corrected chi connectivity index (χ4v) is 2.89. The second-order valence-corrected chi connectivity index (χ2v) is 5.02. The van der Waals surface area contributed by atoms with E-state index in [1.165, 1.54) is 30.8 Å². The molecule has 2 aromatic heterocycles. The Bertz CT molecular complexity index is 657. The van der Waals surface area contributed by atoms with Crippen LogP contribution in [0.3, 0.4) is 0 Å². The minimum absolute atomic E-state index is 0.400.